The van der Waals surface area contributed by atoms with Crippen LogP contribution < -0.4 is 21.1 Å². The van der Waals surface area contributed by atoms with Crippen molar-refractivity contribution in [3.63, 3.8) is 0 Å². The van der Waals surface area contributed by atoms with Crippen LogP contribution in [0.25, 0.3) is 10.9 Å². The molecule has 67 heavy (non-hydrogen) atoms. The molecule has 0 bridgehead atoms. The van der Waals surface area contributed by atoms with Gasteiger partial charge in [-0.3, -0.25) is 39.1 Å². The first-order valence-electron chi connectivity index (χ1n) is 22.2. The molecule has 1 fully saturated rings. The van der Waals surface area contributed by atoms with E-state index in [4.69, 9.17) is 18.9 Å². The zero-order valence-electron chi connectivity index (χ0n) is 37.7. The van der Waals surface area contributed by atoms with E-state index >= 15 is 0 Å². The molecule has 0 radical (unpaired) electrons. The van der Waals surface area contributed by atoms with Crippen LogP contribution in [0.15, 0.2) is 77.6 Å². The molecular formula is C48H56F3N5O11. The molecule has 0 spiro atoms. The van der Waals surface area contributed by atoms with Crippen molar-refractivity contribution in [2.45, 2.75) is 116 Å². The number of hydrogen-bond acceptors (Lipinski definition) is 12. The number of ether oxygens (including phenoxy) is 4. The van der Waals surface area contributed by atoms with Crippen LogP contribution in [0.4, 0.5) is 24.8 Å². The summed E-state index contributed by atoms with van der Waals surface area (Å²) in [4.78, 5) is 95.8. The monoisotopic (exact) mass is 935 g/mol. The average Bonchev–Trinajstić information content (AvgIpc) is 3.31. The number of aromatic amines is 1. The maximum atomic E-state index is 13.9. The van der Waals surface area contributed by atoms with Crippen LogP contribution in [-0.4, -0.2) is 83.7 Å². The van der Waals surface area contributed by atoms with Gasteiger partial charge in [0.2, 0.25) is 11.9 Å². The number of esters is 2. The summed E-state index contributed by atoms with van der Waals surface area (Å²) in [5.41, 5.74) is 0.232. The van der Waals surface area contributed by atoms with Crippen molar-refractivity contribution >= 4 is 58.0 Å². The van der Waals surface area contributed by atoms with E-state index in [1.165, 1.54) is 30.3 Å². The van der Waals surface area contributed by atoms with Crippen molar-refractivity contribution in [2.75, 3.05) is 30.5 Å². The number of alkyl halides is 3. The highest BCUT2D eigenvalue weighted by Gasteiger charge is 2.43. The fourth-order valence-corrected chi connectivity index (χ4v) is 7.31. The first-order valence-corrected chi connectivity index (χ1v) is 22.2. The molecule has 16 nitrogen and oxygen atoms in total. The molecule has 3 aromatic carbocycles. The van der Waals surface area contributed by atoms with Crippen LogP contribution in [-0.2, 0) is 56.1 Å². The number of amides is 3. The van der Waals surface area contributed by atoms with Crippen LogP contribution >= 0.6 is 0 Å². The SMILES string of the molecule is COC(=O)[C@H](CCC(=O)CCCOC1(OCCCC(=O)OCc2ccccc2)CCCCC1)NC(=O)c1ccc(N(Cc2ccc3nc(NC(=O)C(C)C)[nH]c(=O)c3c2)C(=O)C(F)(F)F)cc1. The number of anilines is 2. The van der Waals surface area contributed by atoms with Crippen molar-refractivity contribution in [1.82, 2.24) is 15.3 Å². The van der Waals surface area contributed by atoms with Crippen molar-refractivity contribution in [3.8, 4) is 0 Å². The summed E-state index contributed by atoms with van der Waals surface area (Å²) in [6, 6.07) is 16.8. The first-order chi connectivity index (χ1) is 32.0. The van der Waals surface area contributed by atoms with E-state index in [0.29, 0.717) is 37.2 Å². The standard InChI is InChI=1S/C48H56F3N5O11/c1-31(2)41(59)54-46-53-38-22-16-33(28-37(38)43(61)55-46)29-56(45(63)48(49,50)51)35-19-17-34(18-20-35)42(60)52-39(44(62)64-3)23-21-36(57)14-10-26-66-47(24-8-5-9-25-47)67-27-11-15-40(58)65-30-32-12-6-4-7-13-32/h4,6-7,12-13,16-20,22,28,31,39H,5,8-11,14-15,21,23-27,29-30H2,1-3H3,(H,52,60)(H2,53,54,55,59,61)/t39-/m0/s1. The largest absolute Gasteiger partial charge is 0.471 e. The number of nitrogens with zero attached hydrogens (tertiary/aromatic N) is 2. The molecule has 1 heterocycles. The minimum Gasteiger partial charge on any atom is -0.467 e. The topological polar surface area (TPSA) is 212 Å². The molecule has 1 aliphatic rings. The second-order valence-corrected chi connectivity index (χ2v) is 16.5. The zero-order chi connectivity index (χ0) is 48.6. The number of benzene rings is 3. The number of ketones is 1. The predicted octanol–water partition coefficient (Wildman–Crippen LogP) is 7.23. The van der Waals surface area contributed by atoms with Gasteiger partial charge in [0.1, 0.15) is 18.4 Å². The Bertz CT molecular complexity index is 2400. The molecule has 1 aromatic heterocycles. The van der Waals surface area contributed by atoms with Crippen LogP contribution in [0.1, 0.15) is 106 Å². The Morgan fingerprint density at radius 3 is 2.16 bits per heavy atom. The molecule has 360 valence electrons. The van der Waals surface area contributed by atoms with Crippen LogP contribution in [0.5, 0.6) is 0 Å². The van der Waals surface area contributed by atoms with Crippen molar-refractivity contribution in [1.29, 1.82) is 0 Å². The van der Waals surface area contributed by atoms with E-state index in [1.54, 1.807) is 13.8 Å². The van der Waals surface area contributed by atoms with Gasteiger partial charge in [0.25, 0.3) is 11.5 Å². The van der Waals surface area contributed by atoms with Crippen LogP contribution in [0.3, 0.4) is 0 Å². The van der Waals surface area contributed by atoms with E-state index in [9.17, 15) is 46.7 Å². The van der Waals surface area contributed by atoms with Gasteiger partial charge < -0.3 is 29.2 Å². The van der Waals surface area contributed by atoms with E-state index in [1.807, 2.05) is 30.3 Å². The molecule has 3 amide bonds. The summed E-state index contributed by atoms with van der Waals surface area (Å²) < 4.78 is 64.2. The fourth-order valence-electron chi connectivity index (χ4n) is 7.31. The van der Waals surface area contributed by atoms with Crippen LogP contribution in [0.2, 0.25) is 0 Å². The minimum atomic E-state index is -5.29. The average molecular weight is 936 g/mol. The Morgan fingerprint density at radius 1 is 0.851 bits per heavy atom. The number of fused-ring (bicyclic) bond motifs is 1. The maximum Gasteiger partial charge on any atom is 0.471 e. The molecule has 5 rings (SSSR count). The fraction of sp³-hybridized carbons (Fsp3) is 0.458. The van der Waals surface area contributed by atoms with Crippen molar-refractivity contribution < 1.29 is 60.9 Å². The lowest BCUT2D eigenvalue weighted by Crippen LogP contribution is -2.42. The number of aromatic nitrogens is 2. The summed E-state index contributed by atoms with van der Waals surface area (Å²) in [5.74, 6) is -6.03. The Kier molecular flexibility index (Phi) is 18.7. The lowest BCUT2D eigenvalue weighted by Gasteiger charge is -2.37. The molecule has 19 heteroatoms. The van der Waals surface area contributed by atoms with Gasteiger partial charge >= 0.3 is 24.0 Å². The Hall–Kier alpha value is -6.47. The highest BCUT2D eigenvalue weighted by atomic mass is 19.4. The van der Waals surface area contributed by atoms with Gasteiger partial charge in [-0.1, -0.05) is 56.7 Å². The van der Waals surface area contributed by atoms with Gasteiger partial charge in [-0.15, -0.1) is 0 Å². The molecule has 1 aliphatic carbocycles. The Balaban J connectivity index is 1.12. The minimum absolute atomic E-state index is 0.000496. The Morgan fingerprint density at radius 2 is 1.52 bits per heavy atom. The van der Waals surface area contributed by atoms with Gasteiger partial charge in [0, 0.05) is 49.3 Å². The smallest absolute Gasteiger partial charge is 0.467 e. The molecule has 1 atom stereocenters. The van der Waals surface area contributed by atoms with E-state index in [2.05, 4.69) is 20.6 Å². The molecule has 1 saturated carbocycles. The molecule has 0 unspecified atom stereocenters. The second-order valence-electron chi connectivity index (χ2n) is 16.5. The van der Waals surface area contributed by atoms with Gasteiger partial charge in [0.05, 0.1) is 37.8 Å². The third kappa shape index (κ3) is 15.6. The summed E-state index contributed by atoms with van der Waals surface area (Å²) in [7, 11) is 1.12. The van der Waals surface area contributed by atoms with Crippen molar-refractivity contribution in [3.05, 3.63) is 99.8 Å². The third-order valence-electron chi connectivity index (χ3n) is 11.0. The molecular weight excluding hydrogens is 880 g/mol. The van der Waals surface area contributed by atoms with E-state index < -0.39 is 59.7 Å². The number of halogens is 3. The number of carbonyl (C=O) groups excluding carboxylic acids is 6. The van der Waals surface area contributed by atoms with Gasteiger partial charge in [-0.25, -0.2) is 9.78 Å². The molecule has 4 aromatic rings. The third-order valence-corrected chi connectivity index (χ3v) is 11.0. The number of methoxy groups -OCH3 is 1. The highest BCUT2D eigenvalue weighted by molar-refractivity contribution is 6.00. The number of nitrogens with one attached hydrogen (secondary N) is 3. The maximum absolute atomic E-state index is 13.9. The summed E-state index contributed by atoms with van der Waals surface area (Å²) in [5, 5.41) is 5.00. The number of H-pyrrole nitrogens is 1. The normalized spacial score (nSPS) is 14.0. The quantitative estimate of drug-likeness (QED) is 0.0382. The second kappa shape index (κ2) is 24.3. The lowest BCUT2D eigenvalue weighted by molar-refractivity contribution is -0.253. The van der Waals surface area contributed by atoms with Gasteiger partial charge in [-0.05, 0) is 79.6 Å². The number of hydrogen-bond donors (Lipinski definition) is 3. The van der Waals surface area contributed by atoms with Gasteiger partial charge in [-0.2, -0.15) is 13.2 Å². The zero-order valence-corrected chi connectivity index (χ0v) is 37.7. The van der Waals surface area contributed by atoms with E-state index in [0.717, 1.165) is 44.1 Å². The number of carbonyl (C=O) groups is 6. The van der Waals surface area contributed by atoms with Crippen LogP contribution in [0, 0.1) is 5.92 Å². The molecule has 0 aliphatic heterocycles. The predicted molar refractivity (Wildman–Crippen MR) is 239 cm³/mol. The summed E-state index contributed by atoms with van der Waals surface area (Å²) >= 11 is 0. The summed E-state index contributed by atoms with van der Waals surface area (Å²) in [6.45, 7) is 3.42. The molecule has 0 saturated heterocycles. The number of Topliss-reactive ketones (excluding diaryl/α,β-unsaturated/α-hetero) is 1. The van der Waals surface area contributed by atoms with Crippen molar-refractivity contribution in [2.24, 2.45) is 5.92 Å². The first kappa shape index (κ1) is 51.5. The summed E-state index contributed by atoms with van der Waals surface area (Å²) in [6.07, 6.45) is -0.0510. The highest BCUT2D eigenvalue weighted by Crippen LogP contribution is 2.33. The number of rotatable bonds is 23. The van der Waals surface area contributed by atoms with Gasteiger partial charge in [0.15, 0.2) is 5.79 Å². The lowest BCUT2D eigenvalue weighted by atomic mass is 9.94. The molecule has 3 N–H and O–H groups in total. The van der Waals surface area contributed by atoms with E-state index in [-0.39, 0.29) is 84.3 Å². The Labute approximate surface area is 385 Å².